The maximum atomic E-state index is 11.4. The van der Waals surface area contributed by atoms with Crippen molar-refractivity contribution >= 4 is 22.9 Å². The van der Waals surface area contributed by atoms with Gasteiger partial charge in [-0.15, -0.1) is 5.10 Å². The summed E-state index contributed by atoms with van der Waals surface area (Å²) < 4.78 is 1.33. The molecule has 1 aromatic carbocycles. The highest BCUT2D eigenvalue weighted by atomic mass is 16.4. The number of hydrogen-bond acceptors (Lipinski definition) is 4. The molecule has 1 aromatic heterocycles. The molecule has 0 fully saturated rings. The van der Waals surface area contributed by atoms with E-state index in [2.05, 4.69) is 10.3 Å². The highest BCUT2D eigenvalue weighted by molar-refractivity contribution is 5.93. The van der Waals surface area contributed by atoms with E-state index < -0.39 is 17.4 Å². The second-order valence-corrected chi connectivity index (χ2v) is 4.43. The number of aromatic nitrogens is 3. The third kappa shape index (κ3) is 1.69. The number of nitrogens with two attached hydrogens (primary N) is 1. The molecular formula is C11H12N4O3. The number of carbonyl (C=O) groups is 2. The van der Waals surface area contributed by atoms with Crippen LogP contribution in [-0.4, -0.2) is 32.0 Å². The Morgan fingerprint density at radius 2 is 2.06 bits per heavy atom. The van der Waals surface area contributed by atoms with Crippen LogP contribution in [0.25, 0.3) is 11.0 Å². The lowest BCUT2D eigenvalue weighted by Crippen LogP contribution is -2.41. The van der Waals surface area contributed by atoms with E-state index in [1.807, 2.05) is 0 Å². The van der Waals surface area contributed by atoms with Crippen molar-refractivity contribution in [3.8, 4) is 0 Å². The van der Waals surface area contributed by atoms with E-state index in [4.69, 9.17) is 10.8 Å². The first-order valence-corrected chi connectivity index (χ1v) is 5.23. The van der Waals surface area contributed by atoms with Gasteiger partial charge in [0.15, 0.2) is 0 Å². The second-order valence-electron chi connectivity index (χ2n) is 4.43. The molecule has 7 nitrogen and oxygen atoms in total. The standard InChI is InChI=1S/C11H12N4O3/c1-11(2,10(12)18)15-8-5-6(9(16)17)3-4-7(8)13-14-15/h3-5H,1-2H3,(H2,12,18)(H,16,17). The molecule has 2 aromatic rings. The second kappa shape index (κ2) is 3.80. The lowest BCUT2D eigenvalue weighted by atomic mass is 10.0. The molecule has 18 heavy (non-hydrogen) atoms. The number of aromatic carboxylic acids is 1. The van der Waals surface area contributed by atoms with Gasteiger partial charge in [-0.3, -0.25) is 4.79 Å². The normalized spacial score (nSPS) is 11.7. The Kier molecular flexibility index (Phi) is 2.54. The summed E-state index contributed by atoms with van der Waals surface area (Å²) >= 11 is 0. The van der Waals surface area contributed by atoms with Gasteiger partial charge in [0, 0.05) is 0 Å². The van der Waals surface area contributed by atoms with Gasteiger partial charge in [-0.05, 0) is 32.0 Å². The molecule has 0 atom stereocenters. The van der Waals surface area contributed by atoms with Crippen molar-refractivity contribution in [1.82, 2.24) is 15.0 Å². The molecule has 2 rings (SSSR count). The molecule has 0 bridgehead atoms. The molecule has 0 aliphatic heterocycles. The summed E-state index contributed by atoms with van der Waals surface area (Å²) in [5.74, 6) is -1.63. The van der Waals surface area contributed by atoms with E-state index in [0.717, 1.165) is 0 Å². The zero-order valence-electron chi connectivity index (χ0n) is 9.91. The minimum Gasteiger partial charge on any atom is -0.478 e. The van der Waals surface area contributed by atoms with Crippen LogP contribution in [0.2, 0.25) is 0 Å². The van der Waals surface area contributed by atoms with Gasteiger partial charge < -0.3 is 10.8 Å². The molecular weight excluding hydrogens is 236 g/mol. The van der Waals surface area contributed by atoms with Crippen LogP contribution in [0.15, 0.2) is 18.2 Å². The Labute approximate surface area is 102 Å². The van der Waals surface area contributed by atoms with Crippen molar-refractivity contribution in [2.45, 2.75) is 19.4 Å². The average Bonchev–Trinajstić information content (AvgIpc) is 2.71. The zero-order valence-corrected chi connectivity index (χ0v) is 9.91. The summed E-state index contributed by atoms with van der Waals surface area (Å²) in [5.41, 5.74) is 5.30. The number of amides is 1. The van der Waals surface area contributed by atoms with Crippen molar-refractivity contribution in [1.29, 1.82) is 0 Å². The summed E-state index contributed by atoms with van der Waals surface area (Å²) in [7, 11) is 0. The fourth-order valence-corrected chi connectivity index (χ4v) is 1.57. The summed E-state index contributed by atoms with van der Waals surface area (Å²) in [6.45, 7) is 3.19. The Morgan fingerprint density at radius 3 is 2.61 bits per heavy atom. The van der Waals surface area contributed by atoms with E-state index in [-0.39, 0.29) is 5.56 Å². The van der Waals surface area contributed by atoms with Crippen molar-refractivity contribution < 1.29 is 14.7 Å². The molecule has 0 saturated carbocycles. The van der Waals surface area contributed by atoms with Crippen LogP contribution >= 0.6 is 0 Å². The summed E-state index contributed by atoms with van der Waals surface area (Å²) in [6, 6.07) is 4.39. The number of fused-ring (bicyclic) bond motifs is 1. The van der Waals surface area contributed by atoms with E-state index in [1.54, 1.807) is 19.9 Å². The van der Waals surface area contributed by atoms with Gasteiger partial charge >= 0.3 is 5.97 Å². The molecule has 0 aliphatic rings. The predicted molar refractivity (Wildman–Crippen MR) is 63.0 cm³/mol. The maximum Gasteiger partial charge on any atom is 0.335 e. The lowest BCUT2D eigenvalue weighted by Gasteiger charge is -2.21. The topological polar surface area (TPSA) is 111 Å². The minimum atomic E-state index is -1.08. The summed E-state index contributed by atoms with van der Waals surface area (Å²) in [6.07, 6.45) is 0. The Morgan fingerprint density at radius 1 is 1.39 bits per heavy atom. The fraction of sp³-hybridized carbons (Fsp3) is 0.273. The minimum absolute atomic E-state index is 0.103. The van der Waals surface area contributed by atoms with Crippen LogP contribution in [0.5, 0.6) is 0 Å². The number of carbonyl (C=O) groups excluding carboxylic acids is 1. The van der Waals surface area contributed by atoms with Gasteiger partial charge in [0.25, 0.3) is 0 Å². The molecule has 0 saturated heterocycles. The third-order valence-corrected chi connectivity index (χ3v) is 2.82. The summed E-state index contributed by atoms with van der Waals surface area (Å²) in [4.78, 5) is 22.3. The molecule has 0 spiro atoms. The highest BCUT2D eigenvalue weighted by Crippen LogP contribution is 2.21. The van der Waals surface area contributed by atoms with E-state index in [9.17, 15) is 9.59 Å². The van der Waals surface area contributed by atoms with Crippen LogP contribution in [-0.2, 0) is 10.3 Å². The van der Waals surface area contributed by atoms with Crippen molar-refractivity contribution in [3.63, 3.8) is 0 Å². The highest BCUT2D eigenvalue weighted by Gasteiger charge is 2.30. The zero-order chi connectivity index (χ0) is 13.5. The number of nitrogens with zero attached hydrogens (tertiary/aromatic N) is 3. The largest absolute Gasteiger partial charge is 0.478 e. The number of primary amides is 1. The van der Waals surface area contributed by atoms with Crippen LogP contribution in [0, 0.1) is 0 Å². The first-order valence-electron chi connectivity index (χ1n) is 5.23. The van der Waals surface area contributed by atoms with Gasteiger partial charge in [-0.2, -0.15) is 0 Å². The number of benzene rings is 1. The quantitative estimate of drug-likeness (QED) is 0.814. The fourth-order valence-electron chi connectivity index (χ4n) is 1.57. The Bertz CT molecular complexity index is 645. The Balaban J connectivity index is 2.69. The van der Waals surface area contributed by atoms with Crippen molar-refractivity contribution in [2.24, 2.45) is 5.73 Å². The lowest BCUT2D eigenvalue weighted by molar-refractivity contribution is -0.125. The smallest absolute Gasteiger partial charge is 0.335 e. The molecule has 0 unspecified atom stereocenters. The number of carboxylic acid groups (broad SMARTS) is 1. The first kappa shape index (κ1) is 12.0. The van der Waals surface area contributed by atoms with Crippen LogP contribution in [0.4, 0.5) is 0 Å². The maximum absolute atomic E-state index is 11.4. The van der Waals surface area contributed by atoms with Gasteiger partial charge in [-0.1, -0.05) is 5.21 Å². The van der Waals surface area contributed by atoms with Crippen molar-refractivity contribution in [3.05, 3.63) is 23.8 Å². The predicted octanol–water partition coefficient (Wildman–Crippen LogP) is 0.350. The number of carboxylic acids is 1. The molecule has 0 radical (unpaired) electrons. The number of rotatable bonds is 3. The SMILES string of the molecule is CC(C)(C(N)=O)n1nnc2ccc(C(=O)O)cc21. The van der Waals surface area contributed by atoms with Gasteiger partial charge in [-0.25, -0.2) is 9.48 Å². The van der Waals surface area contributed by atoms with Crippen LogP contribution in [0.1, 0.15) is 24.2 Å². The molecule has 7 heteroatoms. The average molecular weight is 248 g/mol. The van der Waals surface area contributed by atoms with Gasteiger partial charge in [0.2, 0.25) is 5.91 Å². The molecule has 1 amide bonds. The van der Waals surface area contributed by atoms with Crippen molar-refractivity contribution in [2.75, 3.05) is 0 Å². The molecule has 3 N–H and O–H groups in total. The van der Waals surface area contributed by atoms with Crippen LogP contribution in [0.3, 0.4) is 0 Å². The van der Waals surface area contributed by atoms with E-state index >= 15 is 0 Å². The van der Waals surface area contributed by atoms with Crippen LogP contribution < -0.4 is 5.73 Å². The van der Waals surface area contributed by atoms with E-state index in [0.29, 0.717) is 11.0 Å². The molecule has 0 aliphatic carbocycles. The number of hydrogen-bond donors (Lipinski definition) is 2. The summed E-state index contributed by atoms with van der Waals surface area (Å²) in [5, 5.41) is 16.7. The molecule has 1 heterocycles. The van der Waals surface area contributed by atoms with Gasteiger partial charge in [0.05, 0.1) is 11.1 Å². The third-order valence-electron chi connectivity index (χ3n) is 2.82. The first-order chi connectivity index (χ1) is 8.34. The monoisotopic (exact) mass is 248 g/mol. The molecule has 94 valence electrons. The Hall–Kier alpha value is -2.44. The van der Waals surface area contributed by atoms with Gasteiger partial charge in [0.1, 0.15) is 11.1 Å². The van der Waals surface area contributed by atoms with E-state index in [1.165, 1.54) is 16.8 Å².